The SMILES string of the molecule is C=C/C(=C(\C=C/C)C(=O)Nc1nnc(CCCC2(C#N)CC2)s1)c1ccccc1OC. The second-order valence-corrected chi connectivity index (χ2v) is 8.49. The van der Waals surface area contributed by atoms with Crippen molar-refractivity contribution in [1.29, 1.82) is 5.26 Å². The molecule has 1 saturated carbocycles. The third-order valence-electron chi connectivity index (χ3n) is 5.29. The minimum absolute atomic E-state index is 0.104. The Labute approximate surface area is 187 Å². The molecule has 0 bridgehead atoms. The number of carbonyl (C=O) groups excluding carboxylic acids is 1. The molecule has 1 aliphatic carbocycles. The number of rotatable bonds is 10. The molecular weight excluding hydrogens is 408 g/mol. The van der Waals surface area contributed by atoms with Crippen LogP contribution in [0.25, 0.3) is 5.57 Å². The Morgan fingerprint density at radius 2 is 2.16 bits per heavy atom. The maximum Gasteiger partial charge on any atom is 0.258 e. The van der Waals surface area contributed by atoms with Gasteiger partial charge in [0.15, 0.2) is 0 Å². The average Bonchev–Trinajstić information content (AvgIpc) is 3.44. The van der Waals surface area contributed by atoms with Crippen molar-refractivity contribution in [1.82, 2.24) is 10.2 Å². The molecule has 1 aromatic heterocycles. The van der Waals surface area contributed by atoms with E-state index < -0.39 is 0 Å². The first-order valence-electron chi connectivity index (χ1n) is 10.2. The quantitative estimate of drug-likeness (QED) is 0.403. The molecule has 160 valence electrons. The van der Waals surface area contributed by atoms with Gasteiger partial charge in [-0.2, -0.15) is 5.26 Å². The Morgan fingerprint density at radius 3 is 2.81 bits per heavy atom. The summed E-state index contributed by atoms with van der Waals surface area (Å²) < 4.78 is 5.45. The lowest BCUT2D eigenvalue weighted by Crippen LogP contribution is -2.14. The van der Waals surface area contributed by atoms with E-state index in [4.69, 9.17) is 4.74 Å². The van der Waals surface area contributed by atoms with Gasteiger partial charge in [-0.05, 0) is 44.2 Å². The number of anilines is 1. The van der Waals surface area contributed by atoms with Gasteiger partial charge in [0, 0.05) is 17.6 Å². The summed E-state index contributed by atoms with van der Waals surface area (Å²) in [7, 11) is 1.60. The van der Waals surface area contributed by atoms with E-state index in [9.17, 15) is 10.1 Å². The minimum atomic E-state index is -0.289. The number of amides is 1. The Kier molecular flexibility index (Phi) is 7.37. The van der Waals surface area contributed by atoms with E-state index in [0.717, 1.165) is 42.7 Å². The monoisotopic (exact) mass is 434 g/mol. The predicted molar refractivity (Wildman–Crippen MR) is 124 cm³/mol. The highest BCUT2D eigenvalue weighted by molar-refractivity contribution is 7.15. The third-order valence-corrected chi connectivity index (χ3v) is 6.19. The van der Waals surface area contributed by atoms with Gasteiger partial charge >= 0.3 is 0 Å². The van der Waals surface area contributed by atoms with Crippen molar-refractivity contribution in [2.75, 3.05) is 12.4 Å². The Balaban J connectivity index is 1.75. The lowest BCUT2D eigenvalue weighted by Gasteiger charge is -2.12. The van der Waals surface area contributed by atoms with Crippen molar-refractivity contribution < 1.29 is 9.53 Å². The van der Waals surface area contributed by atoms with Crippen LogP contribution in [0, 0.1) is 16.7 Å². The number of ether oxygens (including phenoxy) is 1. The fraction of sp³-hybridized carbons (Fsp3) is 0.333. The fourth-order valence-electron chi connectivity index (χ4n) is 3.40. The first kappa shape index (κ1) is 22.4. The van der Waals surface area contributed by atoms with Crippen molar-refractivity contribution in [3.8, 4) is 11.8 Å². The fourth-order valence-corrected chi connectivity index (χ4v) is 4.18. The van der Waals surface area contributed by atoms with E-state index in [-0.39, 0.29) is 11.3 Å². The number of aromatic nitrogens is 2. The summed E-state index contributed by atoms with van der Waals surface area (Å²) in [5.41, 5.74) is 1.81. The number of hydrogen-bond donors (Lipinski definition) is 1. The molecule has 0 unspecified atom stereocenters. The van der Waals surface area contributed by atoms with E-state index >= 15 is 0 Å². The van der Waals surface area contributed by atoms with Crippen LogP contribution in [0.5, 0.6) is 5.75 Å². The smallest absolute Gasteiger partial charge is 0.258 e. The molecule has 7 heteroatoms. The van der Waals surface area contributed by atoms with Crippen LogP contribution in [0.3, 0.4) is 0 Å². The van der Waals surface area contributed by atoms with E-state index in [2.05, 4.69) is 28.2 Å². The van der Waals surface area contributed by atoms with Gasteiger partial charge in [-0.15, -0.1) is 10.2 Å². The molecule has 0 aliphatic heterocycles. The molecule has 1 heterocycles. The molecule has 31 heavy (non-hydrogen) atoms. The van der Waals surface area contributed by atoms with Crippen LogP contribution in [0.15, 0.2) is 54.6 Å². The van der Waals surface area contributed by atoms with Crippen molar-refractivity contribution in [3.05, 3.63) is 65.2 Å². The second-order valence-electron chi connectivity index (χ2n) is 7.43. The summed E-state index contributed by atoms with van der Waals surface area (Å²) in [6, 6.07) is 9.92. The van der Waals surface area contributed by atoms with E-state index in [1.165, 1.54) is 11.3 Å². The summed E-state index contributed by atoms with van der Waals surface area (Å²) in [6.45, 7) is 5.75. The lowest BCUT2D eigenvalue weighted by molar-refractivity contribution is -0.112. The highest BCUT2D eigenvalue weighted by Crippen LogP contribution is 2.49. The molecule has 3 rings (SSSR count). The Hall–Kier alpha value is -3.24. The standard InChI is InChI=1S/C24H26N4O2S/c1-4-9-19(17(5-2)18-10-6-7-11-20(18)30-3)22(29)26-23-28-27-21(31-23)12-8-13-24(16-25)14-15-24/h4-7,9-11H,2,8,12-15H2,1,3H3,(H,26,28,29)/b9-4-,19-17-. The molecule has 1 amide bonds. The summed E-state index contributed by atoms with van der Waals surface area (Å²) in [5, 5.41) is 21.7. The number of benzene rings is 1. The first-order valence-corrected chi connectivity index (χ1v) is 11.0. The number of methoxy groups -OCH3 is 1. The summed E-state index contributed by atoms with van der Waals surface area (Å²) in [5.74, 6) is 0.374. The number of allylic oxidation sites excluding steroid dienone is 3. The van der Waals surface area contributed by atoms with Crippen LogP contribution in [0.2, 0.25) is 0 Å². The number of nitrogens with one attached hydrogen (secondary N) is 1. The van der Waals surface area contributed by atoms with Crippen LogP contribution >= 0.6 is 11.3 Å². The maximum atomic E-state index is 13.1. The van der Waals surface area contributed by atoms with Gasteiger partial charge in [-0.1, -0.05) is 54.3 Å². The molecular formula is C24H26N4O2S. The van der Waals surface area contributed by atoms with Gasteiger partial charge in [0.25, 0.3) is 5.91 Å². The van der Waals surface area contributed by atoms with Crippen LogP contribution in [0.1, 0.15) is 43.2 Å². The highest BCUT2D eigenvalue weighted by Gasteiger charge is 2.42. The summed E-state index contributed by atoms with van der Waals surface area (Å²) >= 11 is 1.36. The lowest BCUT2D eigenvalue weighted by atomic mass is 9.98. The third kappa shape index (κ3) is 5.47. The number of aryl methyl sites for hydroxylation is 1. The largest absolute Gasteiger partial charge is 0.496 e. The van der Waals surface area contributed by atoms with Crippen LogP contribution < -0.4 is 10.1 Å². The second kappa shape index (κ2) is 10.2. The molecule has 0 saturated heterocycles. The Morgan fingerprint density at radius 1 is 1.39 bits per heavy atom. The number of para-hydroxylation sites is 1. The van der Waals surface area contributed by atoms with Crippen molar-refractivity contribution in [3.63, 3.8) is 0 Å². The van der Waals surface area contributed by atoms with Gasteiger partial charge in [0.1, 0.15) is 10.8 Å². The average molecular weight is 435 g/mol. The normalized spacial score (nSPS) is 15.1. The zero-order valence-electron chi connectivity index (χ0n) is 17.9. The van der Waals surface area contributed by atoms with E-state index in [1.807, 2.05) is 37.3 Å². The zero-order valence-corrected chi connectivity index (χ0v) is 18.7. The van der Waals surface area contributed by atoms with Crippen LogP contribution in [-0.4, -0.2) is 23.2 Å². The molecule has 2 aromatic rings. The molecule has 1 fully saturated rings. The Bertz CT molecular complexity index is 1060. The molecule has 6 nitrogen and oxygen atoms in total. The minimum Gasteiger partial charge on any atom is -0.496 e. The molecule has 0 spiro atoms. The van der Waals surface area contributed by atoms with Crippen molar-refractivity contribution >= 4 is 27.9 Å². The van der Waals surface area contributed by atoms with Crippen LogP contribution in [-0.2, 0) is 11.2 Å². The topological polar surface area (TPSA) is 87.9 Å². The highest BCUT2D eigenvalue weighted by atomic mass is 32.1. The number of hydrogen-bond acceptors (Lipinski definition) is 6. The molecule has 0 radical (unpaired) electrons. The van der Waals surface area contributed by atoms with E-state index in [0.29, 0.717) is 22.0 Å². The van der Waals surface area contributed by atoms with Crippen molar-refractivity contribution in [2.24, 2.45) is 5.41 Å². The number of nitrogens with zero attached hydrogens (tertiary/aromatic N) is 3. The maximum absolute atomic E-state index is 13.1. The predicted octanol–water partition coefficient (Wildman–Crippen LogP) is 5.33. The summed E-state index contributed by atoms with van der Waals surface area (Å²) in [4.78, 5) is 13.1. The van der Waals surface area contributed by atoms with Gasteiger partial charge in [-0.3, -0.25) is 10.1 Å². The first-order chi connectivity index (χ1) is 15.1. The molecule has 1 N–H and O–H groups in total. The number of nitriles is 1. The molecule has 0 atom stereocenters. The van der Waals surface area contributed by atoms with Crippen LogP contribution in [0.4, 0.5) is 5.13 Å². The van der Waals surface area contributed by atoms with Crippen molar-refractivity contribution in [2.45, 2.75) is 39.0 Å². The van der Waals surface area contributed by atoms with Gasteiger partial charge in [0.05, 0.1) is 18.6 Å². The number of carbonyl (C=O) groups is 1. The van der Waals surface area contributed by atoms with Gasteiger partial charge in [0.2, 0.25) is 5.13 Å². The van der Waals surface area contributed by atoms with Gasteiger partial charge < -0.3 is 4.74 Å². The molecule has 1 aliphatic rings. The van der Waals surface area contributed by atoms with E-state index in [1.54, 1.807) is 19.3 Å². The summed E-state index contributed by atoms with van der Waals surface area (Å²) in [6.07, 6.45) is 9.75. The molecule has 1 aromatic carbocycles. The van der Waals surface area contributed by atoms with Gasteiger partial charge in [-0.25, -0.2) is 0 Å². The zero-order chi connectivity index (χ0) is 22.3.